The lowest BCUT2D eigenvalue weighted by atomic mass is 10.2. The van der Waals surface area contributed by atoms with Gasteiger partial charge in [-0.1, -0.05) is 0 Å². The van der Waals surface area contributed by atoms with Crippen molar-refractivity contribution in [2.75, 3.05) is 6.61 Å². The van der Waals surface area contributed by atoms with Gasteiger partial charge in [0.1, 0.15) is 11.3 Å². The van der Waals surface area contributed by atoms with E-state index in [1.165, 1.54) is 26.0 Å². The number of nitrogens with one attached hydrogen (secondary N) is 1. The van der Waals surface area contributed by atoms with Gasteiger partial charge in [-0.2, -0.15) is 0 Å². The molecule has 0 bridgehead atoms. The summed E-state index contributed by atoms with van der Waals surface area (Å²) in [5.74, 6) is -3.35. The van der Waals surface area contributed by atoms with Crippen LogP contribution in [0.1, 0.15) is 37.0 Å². The van der Waals surface area contributed by atoms with E-state index in [2.05, 4.69) is 4.98 Å². The summed E-state index contributed by atoms with van der Waals surface area (Å²) in [4.78, 5) is 37.8. The number of H-pyrrole nitrogens is 1. The Balaban J connectivity index is 2.22. The highest BCUT2D eigenvalue weighted by Crippen LogP contribution is 2.24. The molecule has 0 unspecified atom stereocenters. The van der Waals surface area contributed by atoms with Crippen LogP contribution in [0.4, 0.5) is 0 Å². The van der Waals surface area contributed by atoms with Crippen LogP contribution in [-0.2, 0) is 23.8 Å². The van der Waals surface area contributed by atoms with Gasteiger partial charge in [-0.05, 0) is 25.1 Å². The zero-order valence-corrected chi connectivity index (χ0v) is 11.9. The molecular weight excluding hydrogens is 278 g/mol. The summed E-state index contributed by atoms with van der Waals surface area (Å²) in [6, 6.07) is 3.04. The average Bonchev–Trinajstić information content (AvgIpc) is 2.81. The van der Waals surface area contributed by atoms with E-state index in [0.717, 1.165) is 0 Å². The van der Waals surface area contributed by atoms with Gasteiger partial charge in [0, 0.05) is 19.5 Å². The molecule has 2 heterocycles. The highest BCUT2D eigenvalue weighted by molar-refractivity contribution is 6.18. The Hall–Kier alpha value is -2.57. The van der Waals surface area contributed by atoms with Gasteiger partial charge in [0.05, 0.1) is 6.61 Å². The second-order valence-electron chi connectivity index (χ2n) is 4.78. The number of ether oxygens (including phenoxy) is 3. The van der Waals surface area contributed by atoms with Gasteiger partial charge < -0.3 is 19.2 Å². The fourth-order valence-corrected chi connectivity index (χ4v) is 1.76. The van der Waals surface area contributed by atoms with Crippen molar-refractivity contribution < 1.29 is 28.6 Å². The lowest BCUT2D eigenvalue weighted by Gasteiger charge is -2.29. The molecular formula is C14H15NO6. The summed E-state index contributed by atoms with van der Waals surface area (Å²) < 4.78 is 14.8. The van der Waals surface area contributed by atoms with E-state index in [-0.39, 0.29) is 17.9 Å². The van der Waals surface area contributed by atoms with Gasteiger partial charge in [0.2, 0.25) is 0 Å². The summed E-state index contributed by atoms with van der Waals surface area (Å²) in [6.07, 6.45) is 1.27. The molecule has 1 aliphatic rings. The molecule has 112 valence electrons. The van der Waals surface area contributed by atoms with Crippen molar-refractivity contribution in [2.24, 2.45) is 0 Å². The van der Waals surface area contributed by atoms with Crippen molar-refractivity contribution >= 4 is 24.0 Å². The molecule has 1 N–H and O–H groups in total. The molecule has 21 heavy (non-hydrogen) atoms. The minimum Gasteiger partial charge on any atom is -0.461 e. The van der Waals surface area contributed by atoms with Crippen molar-refractivity contribution in [2.45, 2.75) is 26.6 Å². The summed E-state index contributed by atoms with van der Waals surface area (Å²) in [5, 5.41) is 0. The van der Waals surface area contributed by atoms with Gasteiger partial charge in [-0.15, -0.1) is 0 Å². The summed E-state index contributed by atoms with van der Waals surface area (Å²) in [6.45, 7) is 4.88. The molecule has 7 nitrogen and oxygen atoms in total. The Morgan fingerprint density at radius 3 is 2.48 bits per heavy atom. The van der Waals surface area contributed by atoms with E-state index in [1.54, 1.807) is 13.0 Å². The van der Waals surface area contributed by atoms with Crippen LogP contribution < -0.4 is 0 Å². The maximum Gasteiger partial charge on any atom is 0.354 e. The summed E-state index contributed by atoms with van der Waals surface area (Å²) in [7, 11) is 0. The Labute approximate surface area is 120 Å². The smallest absolute Gasteiger partial charge is 0.354 e. The third kappa shape index (κ3) is 3.31. The molecule has 1 saturated heterocycles. The maximum absolute atomic E-state index is 11.8. The Morgan fingerprint density at radius 2 is 1.90 bits per heavy atom. The van der Waals surface area contributed by atoms with Crippen molar-refractivity contribution in [1.82, 2.24) is 4.98 Å². The zero-order chi connectivity index (χ0) is 15.6. The first-order valence-electron chi connectivity index (χ1n) is 6.37. The van der Waals surface area contributed by atoms with Crippen molar-refractivity contribution in [3.8, 4) is 0 Å². The second kappa shape index (κ2) is 5.43. The molecule has 0 radical (unpaired) electrons. The van der Waals surface area contributed by atoms with E-state index in [4.69, 9.17) is 14.2 Å². The molecule has 1 aromatic rings. The number of hydrogen-bond acceptors (Lipinski definition) is 6. The lowest BCUT2D eigenvalue weighted by Crippen LogP contribution is -2.41. The first-order valence-corrected chi connectivity index (χ1v) is 6.37. The molecule has 0 aliphatic carbocycles. The molecule has 0 saturated carbocycles. The number of hydrogen-bond donors (Lipinski definition) is 1. The van der Waals surface area contributed by atoms with Crippen LogP contribution in [0.3, 0.4) is 0 Å². The lowest BCUT2D eigenvalue weighted by molar-refractivity contribution is -0.222. The van der Waals surface area contributed by atoms with E-state index in [1.807, 2.05) is 0 Å². The highest BCUT2D eigenvalue weighted by Gasteiger charge is 2.38. The SMILES string of the molecule is CCOC(=O)c1ccc(C=C2C(=O)OC(C)(C)OC2=O)[nH]1. The molecule has 0 aromatic carbocycles. The number of aromatic nitrogens is 1. The van der Waals surface area contributed by atoms with Crippen molar-refractivity contribution in [3.05, 3.63) is 29.1 Å². The average molecular weight is 293 g/mol. The molecule has 0 spiro atoms. The van der Waals surface area contributed by atoms with Crippen molar-refractivity contribution in [1.29, 1.82) is 0 Å². The maximum atomic E-state index is 11.8. The Bertz CT molecular complexity index is 603. The van der Waals surface area contributed by atoms with Crippen LogP contribution in [0.25, 0.3) is 6.08 Å². The van der Waals surface area contributed by atoms with Gasteiger partial charge in [-0.3, -0.25) is 0 Å². The van der Waals surface area contributed by atoms with E-state index in [9.17, 15) is 14.4 Å². The molecule has 1 aromatic heterocycles. The standard InChI is InChI=1S/C14H15NO6/c1-4-19-13(18)10-6-5-8(15-10)7-9-11(16)20-14(2,3)21-12(9)17/h5-7,15H,4H2,1-3H3. The third-order valence-electron chi connectivity index (χ3n) is 2.62. The van der Waals surface area contributed by atoms with Crippen LogP contribution in [-0.4, -0.2) is 35.3 Å². The molecule has 2 rings (SSSR count). The Kier molecular flexibility index (Phi) is 3.84. The van der Waals surface area contributed by atoms with Gasteiger partial charge >= 0.3 is 17.9 Å². The van der Waals surface area contributed by atoms with Crippen LogP contribution in [0.2, 0.25) is 0 Å². The van der Waals surface area contributed by atoms with Crippen LogP contribution in [0.15, 0.2) is 17.7 Å². The normalized spacial score (nSPS) is 17.0. The molecule has 0 amide bonds. The minimum atomic E-state index is -1.28. The molecule has 1 aliphatic heterocycles. The predicted molar refractivity (Wildman–Crippen MR) is 71.0 cm³/mol. The molecule has 7 heteroatoms. The number of esters is 3. The van der Waals surface area contributed by atoms with Gasteiger partial charge in [-0.25, -0.2) is 14.4 Å². The third-order valence-corrected chi connectivity index (χ3v) is 2.62. The number of aromatic amines is 1. The van der Waals surface area contributed by atoms with Crippen LogP contribution >= 0.6 is 0 Å². The number of carbonyl (C=O) groups excluding carboxylic acids is 3. The number of carbonyl (C=O) groups is 3. The monoisotopic (exact) mass is 293 g/mol. The Morgan fingerprint density at radius 1 is 1.29 bits per heavy atom. The summed E-state index contributed by atoms with van der Waals surface area (Å²) >= 11 is 0. The van der Waals surface area contributed by atoms with Gasteiger partial charge in [0.25, 0.3) is 5.79 Å². The van der Waals surface area contributed by atoms with Gasteiger partial charge in [0.15, 0.2) is 0 Å². The first-order chi connectivity index (χ1) is 9.82. The molecule has 0 atom stereocenters. The zero-order valence-electron chi connectivity index (χ0n) is 11.9. The second-order valence-corrected chi connectivity index (χ2v) is 4.78. The quantitative estimate of drug-likeness (QED) is 0.514. The number of cyclic esters (lactones) is 2. The fraction of sp³-hybridized carbons (Fsp3) is 0.357. The fourth-order valence-electron chi connectivity index (χ4n) is 1.76. The molecule has 1 fully saturated rings. The topological polar surface area (TPSA) is 94.7 Å². The predicted octanol–water partition coefficient (Wildman–Crippen LogP) is 1.41. The number of rotatable bonds is 3. The van der Waals surface area contributed by atoms with E-state index in [0.29, 0.717) is 5.69 Å². The van der Waals surface area contributed by atoms with Crippen LogP contribution in [0.5, 0.6) is 0 Å². The highest BCUT2D eigenvalue weighted by atomic mass is 16.7. The van der Waals surface area contributed by atoms with Crippen molar-refractivity contribution in [3.63, 3.8) is 0 Å². The summed E-state index contributed by atoms with van der Waals surface area (Å²) in [5.41, 5.74) is 0.370. The largest absolute Gasteiger partial charge is 0.461 e. The van der Waals surface area contributed by atoms with Crippen LogP contribution in [0, 0.1) is 0 Å². The van der Waals surface area contributed by atoms with E-state index >= 15 is 0 Å². The van der Waals surface area contributed by atoms with E-state index < -0.39 is 23.7 Å². The minimum absolute atomic E-state index is 0.224. The first kappa shape index (κ1) is 14.8.